The van der Waals surface area contributed by atoms with Crippen LogP contribution in [0.2, 0.25) is 0 Å². The Morgan fingerprint density at radius 3 is 2.39 bits per heavy atom. The van der Waals surface area contributed by atoms with Crippen molar-refractivity contribution in [3.05, 3.63) is 27.8 Å². The lowest BCUT2D eigenvalue weighted by molar-refractivity contribution is -0.385. The number of nitro groups is 1. The molecule has 0 aliphatic carbocycles. The molecule has 0 radical (unpaired) electrons. The van der Waals surface area contributed by atoms with Crippen molar-refractivity contribution in [3.8, 4) is 0 Å². The number of aryl methyl sites for hydroxylation is 1. The van der Waals surface area contributed by atoms with Crippen molar-refractivity contribution in [3.63, 3.8) is 0 Å². The van der Waals surface area contributed by atoms with Gasteiger partial charge in [-0.1, -0.05) is 0 Å². The average Bonchev–Trinajstić information content (AvgIpc) is 2.88. The molecule has 28 heavy (non-hydrogen) atoms. The Bertz CT molecular complexity index is 849. The summed E-state index contributed by atoms with van der Waals surface area (Å²) in [6, 6.07) is 2.97. The third-order valence-corrected chi connectivity index (χ3v) is 7.68. The smallest absolute Gasteiger partial charge is 0.271 e. The van der Waals surface area contributed by atoms with Crippen LogP contribution in [0, 0.1) is 17.0 Å². The molecule has 1 aromatic rings. The van der Waals surface area contributed by atoms with Gasteiger partial charge >= 0.3 is 0 Å². The molecule has 0 bridgehead atoms. The van der Waals surface area contributed by atoms with E-state index in [4.69, 9.17) is 9.47 Å². The van der Waals surface area contributed by atoms with Gasteiger partial charge in [0.25, 0.3) is 5.69 Å². The molecule has 10 heteroatoms. The third-order valence-electron chi connectivity index (χ3n) is 4.74. The molecule has 1 heterocycles. The number of nitro benzene ring substituents is 1. The molecule has 1 aliphatic heterocycles. The number of nitrogens with zero attached hydrogens (tertiary/aromatic N) is 4. The van der Waals surface area contributed by atoms with Crippen molar-refractivity contribution >= 4 is 26.1 Å². The summed E-state index contributed by atoms with van der Waals surface area (Å²) in [6.45, 7) is 4.13. The van der Waals surface area contributed by atoms with Crippen LogP contribution in [0.5, 0.6) is 0 Å². The average molecular weight is 415 g/mol. The summed E-state index contributed by atoms with van der Waals surface area (Å²) in [5, 5.41) is 11.4. The highest BCUT2D eigenvalue weighted by Gasteiger charge is 2.39. The quantitative estimate of drug-likeness (QED) is 0.323. The zero-order chi connectivity index (χ0) is 21.1. The van der Waals surface area contributed by atoms with Crippen LogP contribution in [0.1, 0.15) is 5.56 Å². The molecule has 1 unspecified atom stereocenters. The summed E-state index contributed by atoms with van der Waals surface area (Å²) in [4.78, 5) is 16.0. The van der Waals surface area contributed by atoms with E-state index in [1.165, 1.54) is 12.1 Å². The van der Waals surface area contributed by atoms with Gasteiger partial charge < -0.3 is 19.3 Å². The Kier molecular flexibility index (Phi) is 7.40. The zero-order valence-electron chi connectivity index (χ0n) is 17.4. The maximum absolute atomic E-state index is 14.4. The van der Waals surface area contributed by atoms with E-state index in [0.717, 1.165) is 5.69 Å². The van der Waals surface area contributed by atoms with E-state index in [1.807, 2.05) is 23.9 Å². The zero-order valence-corrected chi connectivity index (χ0v) is 18.2. The minimum Gasteiger partial charge on any atom is -0.383 e. The van der Waals surface area contributed by atoms with Crippen LogP contribution in [0.4, 0.5) is 11.4 Å². The summed E-state index contributed by atoms with van der Waals surface area (Å²) < 4.78 is 26.8. The number of hydrogen-bond acceptors (Lipinski definition) is 7. The predicted molar refractivity (Wildman–Crippen MR) is 112 cm³/mol. The highest BCUT2D eigenvalue weighted by molar-refractivity contribution is 8.01. The molecular formula is C18H30N4O5S. The van der Waals surface area contributed by atoms with Gasteiger partial charge in [-0.2, -0.15) is 0 Å². The fraction of sp³-hybridized carbons (Fsp3) is 0.611. The van der Waals surface area contributed by atoms with Crippen molar-refractivity contribution in [2.45, 2.75) is 11.8 Å². The maximum Gasteiger partial charge on any atom is 0.271 e. The molecule has 0 amide bonds. The summed E-state index contributed by atoms with van der Waals surface area (Å²) >= 11 is 0. The normalized spacial score (nSPS) is 19.0. The number of rotatable bonds is 10. The molecule has 0 N–H and O–H groups in total. The number of non-ortho nitro benzene ring substituents is 1. The van der Waals surface area contributed by atoms with Gasteiger partial charge in [-0.25, -0.2) is 8.51 Å². The minimum absolute atomic E-state index is 0.0599. The van der Waals surface area contributed by atoms with E-state index >= 15 is 0 Å². The fourth-order valence-corrected chi connectivity index (χ4v) is 6.17. The number of likely N-dealkylation sites (N-methyl/N-ethyl adjacent to an activating group) is 2. The Balaban J connectivity index is 2.74. The molecule has 1 atom stereocenters. The Labute approximate surface area is 167 Å². The molecule has 0 saturated carbocycles. The van der Waals surface area contributed by atoms with Gasteiger partial charge in [0.15, 0.2) is 0 Å². The Hall–Kier alpha value is -1.72. The summed E-state index contributed by atoms with van der Waals surface area (Å²) in [5.74, 6) is 0. The summed E-state index contributed by atoms with van der Waals surface area (Å²) in [7, 11) is 5.96. The highest BCUT2D eigenvalue weighted by atomic mass is 32.2. The summed E-state index contributed by atoms with van der Waals surface area (Å²) in [5.41, 5.74) is 1.40. The number of benzene rings is 1. The fourth-order valence-electron chi connectivity index (χ4n) is 3.31. The molecule has 0 fully saturated rings. The molecule has 158 valence electrons. The summed E-state index contributed by atoms with van der Waals surface area (Å²) in [6.07, 6.45) is 0. The van der Waals surface area contributed by atoms with Crippen LogP contribution in [0.25, 0.3) is 0 Å². The van der Waals surface area contributed by atoms with Crippen molar-refractivity contribution in [1.29, 1.82) is 0 Å². The van der Waals surface area contributed by atoms with Crippen LogP contribution in [-0.4, -0.2) is 91.5 Å². The van der Waals surface area contributed by atoms with Crippen LogP contribution >= 0.6 is 0 Å². The molecule has 1 aromatic carbocycles. The van der Waals surface area contributed by atoms with Crippen molar-refractivity contribution in [2.75, 3.05) is 73.1 Å². The molecule has 2 rings (SSSR count). The molecule has 0 aromatic heterocycles. The van der Waals surface area contributed by atoms with Gasteiger partial charge in [-0.3, -0.25) is 10.1 Å². The van der Waals surface area contributed by atoms with Gasteiger partial charge in [0.2, 0.25) is 0 Å². The van der Waals surface area contributed by atoms with Gasteiger partial charge in [-0.05, 0) is 33.6 Å². The van der Waals surface area contributed by atoms with Crippen LogP contribution in [0.15, 0.2) is 17.0 Å². The second-order valence-electron chi connectivity index (χ2n) is 7.02. The van der Waals surface area contributed by atoms with E-state index in [2.05, 4.69) is 0 Å². The minimum atomic E-state index is -2.88. The van der Waals surface area contributed by atoms with Crippen molar-refractivity contribution in [1.82, 2.24) is 9.21 Å². The lowest BCUT2D eigenvalue weighted by Crippen LogP contribution is -2.42. The first-order valence-corrected chi connectivity index (χ1v) is 10.5. The van der Waals surface area contributed by atoms with Crippen molar-refractivity contribution in [2.24, 2.45) is 0 Å². The lowest BCUT2D eigenvalue weighted by atomic mass is 10.1. The lowest BCUT2D eigenvalue weighted by Gasteiger charge is -2.26. The first-order valence-electron chi connectivity index (χ1n) is 8.99. The number of ether oxygens (including phenoxy) is 2. The van der Waals surface area contributed by atoms with E-state index in [1.54, 1.807) is 32.5 Å². The van der Waals surface area contributed by atoms with E-state index in [9.17, 15) is 14.3 Å². The largest absolute Gasteiger partial charge is 0.383 e. The number of hydrogen-bond donors (Lipinski definition) is 0. The van der Waals surface area contributed by atoms with Gasteiger partial charge in [-0.15, -0.1) is 0 Å². The van der Waals surface area contributed by atoms with Gasteiger partial charge in [0, 0.05) is 46.0 Å². The molecule has 9 nitrogen and oxygen atoms in total. The Morgan fingerprint density at radius 2 is 1.86 bits per heavy atom. The van der Waals surface area contributed by atoms with Gasteiger partial charge in [0.05, 0.1) is 38.4 Å². The highest BCUT2D eigenvalue weighted by Crippen LogP contribution is 2.41. The molecule has 1 aliphatic rings. The van der Waals surface area contributed by atoms with Crippen LogP contribution in [-0.2, 0) is 19.2 Å². The molecule has 0 saturated heterocycles. The monoisotopic (exact) mass is 414 g/mol. The van der Waals surface area contributed by atoms with E-state index < -0.39 is 14.6 Å². The van der Waals surface area contributed by atoms with Crippen LogP contribution in [0.3, 0.4) is 0 Å². The maximum atomic E-state index is 14.4. The number of methoxy groups -OCH3 is 2. The SMILES string of the molecule is COCCN1C(COC)=S(=O)(N(C)CCN(C)C)c2cc([N+](=O)[O-])cc(C)c21. The third kappa shape index (κ3) is 4.15. The van der Waals surface area contributed by atoms with Crippen LogP contribution < -0.4 is 4.90 Å². The standard InChI is InChI=1S/C18H30N4O5S/c1-14-11-15(22(23)24)12-16-18(14)21(9-10-26-5)17(13-27-6)28(16,25)20(4)8-7-19(2)3/h11-12H,7-10,13H2,1-6H3. The number of anilines is 1. The van der Waals surface area contributed by atoms with Crippen molar-refractivity contribution < 1.29 is 18.6 Å². The predicted octanol–water partition coefficient (Wildman–Crippen LogP) is 1.20. The second-order valence-corrected chi connectivity index (χ2v) is 9.60. The second kappa shape index (κ2) is 9.19. The topological polar surface area (TPSA) is 88.4 Å². The molecular weight excluding hydrogens is 384 g/mol. The first-order chi connectivity index (χ1) is 13.2. The van der Waals surface area contributed by atoms with Gasteiger partial charge in [0.1, 0.15) is 4.99 Å². The first kappa shape index (κ1) is 22.6. The van der Waals surface area contributed by atoms with E-state index in [-0.39, 0.29) is 12.3 Å². The molecule has 0 spiro atoms. The number of fused-ring (bicyclic) bond motifs is 1. The Morgan fingerprint density at radius 1 is 1.18 bits per heavy atom. The van der Waals surface area contributed by atoms with E-state index in [0.29, 0.717) is 41.7 Å².